The Bertz CT molecular complexity index is 1220. The summed E-state index contributed by atoms with van der Waals surface area (Å²) >= 11 is 0. The van der Waals surface area contributed by atoms with E-state index < -0.39 is 0 Å². The molecule has 5 rings (SSSR count). The molecule has 0 bridgehead atoms. The smallest absolute Gasteiger partial charge is 0.124 e. The number of anilines is 2. The second-order valence-corrected chi connectivity index (χ2v) is 8.54. The first kappa shape index (κ1) is 22.2. The molecule has 8 nitrogen and oxygen atoms in total. The van der Waals surface area contributed by atoms with Crippen LogP contribution >= 0.6 is 0 Å². The van der Waals surface area contributed by atoms with Crippen molar-refractivity contribution in [3.63, 3.8) is 0 Å². The van der Waals surface area contributed by atoms with Gasteiger partial charge in [-0.15, -0.1) is 0 Å². The molecule has 1 N–H and O–H groups in total. The van der Waals surface area contributed by atoms with Gasteiger partial charge < -0.3 is 19.3 Å². The molecule has 0 amide bonds. The number of hydrogen-bond donors (Lipinski definition) is 1. The molecule has 0 radical (unpaired) electrons. The number of benzene rings is 2. The number of nitrogens with zero attached hydrogens (tertiary/aromatic N) is 5. The van der Waals surface area contributed by atoms with E-state index in [1.807, 2.05) is 18.3 Å². The highest BCUT2D eigenvalue weighted by Crippen LogP contribution is 2.34. The zero-order valence-electron chi connectivity index (χ0n) is 19.7. The lowest BCUT2D eigenvalue weighted by Crippen LogP contribution is -2.26. The van der Waals surface area contributed by atoms with Gasteiger partial charge in [-0.25, -0.2) is 4.98 Å². The van der Waals surface area contributed by atoms with E-state index in [2.05, 4.69) is 49.2 Å². The van der Waals surface area contributed by atoms with Crippen molar-refractivity contribution in [3.05, 3.63) is 55.0 Å². The van der Waals surface area contributed by atoms with Crippen LogP contribution in [0.25, 0.3) is 22.3 Å². The molecule has 0 saturated carbocycles. The Morgan fingerprint density at radius 2 is 1.74 bits per heavy atom. The molecule has 3 heterocycles. The minimum absolute atomic E-state index is 0.765. The van der Waals surface area contributed by atoms with Gasteiger partial charge in [0.15, 0.2) is 0 Å². The molecule has 1 aliphatic rings. The zero-order valence-corrected chi connectivity index (χ0v) is 19.7. The summed E-state index contributed by atoms with van der Waals surface area (Å²) in [7, 11) is 3.36. The Morgan fingerprint density at radius 3 is 2.44 bits per heavy atom. The molecule has 0 spiro atoms. The maximum absolute atomic E-state index is 5.55. The van der Waals surface area contributed by atoms with Crippen molar-refractivity contribution in [2.75, 3.05) is 45.3 Å². The maximum atomic E-state index is 5.55. The second-order valence-electron chi connectivity index (χ2n) is 8.54. The first-order valence-corrected chi connectivity index (χ1v) is 11.7. The van der Waals surface area contributed by atoms with Gasteiger partial charge in [-0.1, -0.05) is 0 Å². The lowest BCUT2D eigenvalue weighted by molar-refractivity contribution is 0.336. The van der Waals surface area contributed by atoms with Crippen LogP contribution in [0.15, 0.2) is 55.0 Å². The van der Waals surface area contributed by atoms with Crippen molar-refractivity contribution < 1.29 is 9.47 Å². The summed E-state index contributed by atoms with van der Waals surface area (Å²) in [5.74, 6) is 1.53. The Labute approximate surface area is 199 Å². The van der Waals surface area contributed by atoms with E-state index in [-0.39, 0.29) is 0 Å². The highest BCUT2D eigenvalue weighted by Gasteiger charge is 2.16. The molecule has 1 saturated heterocycles. The average molecular weight is 459 g/mol. The fraction of sp³-hybridized carbons (Fsp3) is 0.346. The number of fused-ring (bicyclic) bond motifs is 1. The minimum atomic E-state index is 0.765. The van der Waals surface area contributed by atoms with Crippen LogP contribution in [-0.2, 0) is 0 Å². The van der Waals surface area contributed by atoms with Gasteiger partial charge in [-0.05, 0) is 57.1 Å². The molecule has 2 aromatic heterocycles. The van der Waals surface area contributed by atoms with E-state index in [9.17, 15) is 0 Å². The zero-order chi connectivity index (χ0) is 23.3. The van der Waals surface area contributed by atoms with Gasteiger partial charge in [0, 0.05) is 47.9 Å². The van der Waals surface area contributed by atoms with Crippen LogP contribution in [0.2, 0.25) is 0 Å². The van der Waals surface area contributed by atoms with Crippen LogP contribution in [0.1, 0.15) is 19.3 Å². The van der Waals surface area contributed by atoms with Crippen LogP contribution in [-0.4, -0.2) is 65.5 Å². The van der Waals surface area contributed by atoms with Crippen LogP contribution in [0, 0.1) is 0 Å². The third-order valence-electron chi connectivity index (χ3n) is 6.33. The quantitative estimate of drug-likeness (QED) is 0.391. The SMILES string of the molecule is COc1cc(OC)cc(N(CCCN2CCCC2)c2ccc3ncc(-c4cn[nH]c4)nc3c2)c1. The van der Waals surface area contributed by atoms with E-state index >= 15 is 0 Å². The van der Waals surface area contributed by atoms with E-state index in [1.54, 1.807) is 26.6 Å². The molecular formula is C26H30N6O2. The van der Waals surface area contributed by atoms with Crippen molar-refractivity contribution in [2.24, 2.45) is 0 Å². The van der Waals surface area contributed by atoms with E-state index in [0.717, 1.165) is 64.7 Å². The molecule has 0 aliphatic carbocycles. The van der Waals surface area contributed by atoms with E-state index in [0.29, 0.717) is 0 Å². The molecule has 4 aromatic rings. The molecule has 1 aliphatic heterocycles. The third kappa shape index (κ3) is 4.82. The first-order valence-electron chi connectivity index (χ1n) is 11.7. The number of nitrogens with one attached hydrogen (secondary N) is 1. The van der Waals surface area contributed by atoms with Crippen LogP contribution in [0.4, 0.5) is 11.4 Å². The maximum Gasteiger partial charge on any atom is 0.124 e. The van der Waals surface area contributed by atoms with Crippen LogP contribution in [0.3, 0.4) is 0 Å². The molecule has 34 heavy (non-hydrogen) atoms. The van der Waals surface area contributed by atoms with Crippen molar-refractivity contribution in [3.8, 4) is 22.8 Å². The summed E-state index contributed by atoms with van der Waals surface area (Å²) in [6.45, 7) is 4.37. The number of aromatic amines is 1. The number of rotatable bonds is 9. The van der Waals surface area contributed by atoms with E-state index in [4.69, 9.17) is 14.5 Å². The highest BCUT2D eigenvalue weighted by molar-refractivity contribution is 5.82. The summed E-state index contributed by atoms with van der Waals surface area (Å²) in [6, 6.07) is 12.2. The van der Waals surface area contributed by atoms with Gasteiger partial charge >= 0.3 is 0 Å². The predicted molar refractivity (Wildman–Crippen MR) is 134 cm³/mol. The Balaban J connectivity index is 1.50. The molecular weight excluding hydrogens is 428 g/mol. The van der Waals surface area contributed by atoms with Gasteiger partial charge in [0.05, 0.1) is 43.3 Å². The number of H-pyrrole nitrogens is 1. The van der Waals surface area contributed by atoms with Gasteiger partial charge in [0.25, 0.3) is 0 Å². The fourth-order valence-electron chi connectivity index (χ4n) is 4.51. The second kappa shape index (κ2) is 10.1. The molecule has 2 aromatic carbocycles. The van der Waals surface area contributed by atoms with Crippen LogP contribution in [0.5, 0.6) is 11.5 Å². The largest absolute Gasteiger partial charge is 0.497 e. The van der Waals surface area contributed by atoms with Crippen molar-refractivity contribution in [1.82, 2.24) is 25.1 Å². The van der Waals surface area contributed by atoms with Gasteiger partial charge in [0.1, 0.15) is 11.5 Å². The summed E-state index contributed by atoms with van der Waals surface area (Å²) in [6.07, 6.45) is 9.03. The topological polar surface area (TPSA) is 79.4 Å². The molecule has 0 unspecified atom stereocenters. The number of aromatic nitrogens is 4. The van der Waals surface area contributed by atoms with Crippen molar-refractivity contribution in [2.45, 2.75) is 19.3 Å². The first-order chi connectivity index (χ1) is 16.7. The third-order valence-corrected chi connectivity index (χ3v) is 6.33. The number of likely N-dealkylation sites (tertiary alicyclic amines) is 1. The number of hydrogen-bond acceptors (Lipinski definition) is 7. The minimum Gasteiger partial charge on any atom is -0.497 e. The van der Waals surface area contributed by atoms with Crippen LogP contribution < -0.4 is 14.4 Å². The van der Waals surface area contributed by atoms with Gasteiger partial charge in [0.2, 0.25) is 0 Å². The molecule has 176 valence electrons. The predicted octanol–water partition coefficient (Wildman–Crippen LogP) is 4.66. The lowest BCUT2D eigenvalue weighted by atomic mass is 10.1. The monoisotopic (exact) mass is 458 g/mol. The molecule has 1 fully saturated rings. The van der Waals surface area contributed by atoms with E-state index in [1.165, 1.54) is 25.9 Å². The summed E-state index contributed by atoms with van der Waals surface area (Å²) in [4.78, 5) is 14.3. The molecule has 8 heteroatoms. The van der Waals surface area contributed by atoms with Gasteiger partial charge in [-0.3, -0.25) is 10.1 Å². The highest BCUT2D eigenvalue weighted by atomic mass is 16.5. The number of methoxy groups -OCH3 is 2. The van der Waals surface area contributed by atoms with Crippen molar-refractivity contribution in [1.29, 1.82) is 0 Å². The average Bonchev–Trinajstić information content (AvgIpc) is 3.60. The fourth-order valence-corrected chi connectivity index (χ4v) is 4.51. The Morgan fingerprint density at radius 1 is 0.941 bits per heavy atom. The van der Waals surface area contributed by atoms with Gasteiger partial charge in [-0.2, -0.15) is 5.10 Å². The van der Waals surface area contributed by atoms with Crippen molar-refractivity contribution >= 4 is 22.4 Å². The standard InChI is InChI=1S/C26H30N6O2/c1-33-22-12-21(13-23(15-22)34-2)32(11-5-10-31-8-3-4-9-31)20-6-7-24-25(14-20)30-26(18-27-24)19-16-28-29-17-19/h6-7,12-18H,3-5,8-11H2,1-2H3,(H,28,29). The lowest BCUT2D eigenvalue weighted by Gasteiger charge is -2.27. The summed E-state index contributed by atoms with van der Waals surface area (Å²) in [5.41, 5.74) is 5.49. The summed E-state index contributed by atoms with van der Waals surface area (Å²) in [5, 5.41) is 6.88. The normalized spacial score (nSPS) is 13.9. The number of ether oxygens (including phenoxy) is 2. The Kier molecular flexibility index (Phi) is 6.58. The Hall–Kier alpha value is -3.65. The summed E-state index contributed by atoms with van der Waals surface area (Å²) < 4.78 is 11.1. The molecule has 0 atom stereocenters.